The van der Waals surface area contributed by atoms with E-state index in [9.17, 15) is 0 Å². The van der Waals surface area contributed by atoms with Gasteiger partial charge in [0.2, 0.25) is 0 Å². The summed E-state index contributed by atoms with van der Waals surface area (Å²) in [6, 6.07) is 59.9. The first kappa shape index (κ1) is 26.7. The summed E-state index contributed by atoms with van der Waals surface area (Å²) < 4.78 is 0. The summed E-state index contributed by atoms with van der Waals surface area (Å²) in [4.78, 5) is 2.45. The summed E-state index contributed by atoms with van der Waals surface area (Å²) >= 11 is 0. The minimum Gasteiger partial charge on any atom is -0.310 e. The highest BCUT2D eigenvalue weighted by Gasteiger charge is 2.40. The second-order valence-corrected chi connectivity index (χ2v) is 12.9. The van der Waals surface area contributed by atoms with Gasteiger partial charge in [0.05, 0.1) is 5.69 Å². The molecule has 1 nitrogen and oxygen atoms in total. The van der Waals surface area contributed by atoms with Crippen LogP contribution in [-0.4, -0.2) is 0 Å². The molecule has 0 saturated heterocycles. The number of hydrogen-bond acceptors (Lipinski definition) is 1. The number of hydrogen-bond donors (Lipinski definition) is 0. The smallest absolute Gasteiger partial charge is 0.0543 e. The number of benzene rings is 8. The first-order valence-electron chi connectivity index (χ1n) is 16.1. The van der Waals surface area contributed by atoms with Crippen LogP contribution < -0.4 is 4.90 Å². The Morgan fingerprint density at radius 3 is 1.59 bits per heavy atom. The number of rotatable bonds is 4. The van der Waals surface area contributed by atoms with Gasteiger partial charge in [-0.2, -0.15) is 0 Å². The standard InChI is InChI=1S/C45H33N/c1-45(2)40-29-41(46(32-19-7-4-8-20-32)33-21-15-18-31(28-33)30-16-5-3-6-17-30)36-24-11-13-26-38(36)42(40)43-37-25-12-9-22-34(37)35-23-10-14-27-39(35)44(43)45/h3-29H,1-2H3. The van der Waals surface area contributed by atoms with Crippen LogP contribution in [0, 0.1) is 0 Å². The highest BCUT2D eigenvalue weighted by Crippen LogP contribution is 2.58. The molecule has 0 amide bonds. The molecule has 0 aliphatic heterocycles. The lowest BCUT2D eigenvalue weighted by Gasteiger charge is -2.30. The Morgan fingerprint density at radius 2 is 0.891 bits per heavy atom. The van der Waals surface area contributed by atoms with Gasteiger partial charge in [0, 0.05) is 22.2 Å². The predicted octanol–water partition coefficient (Wildman–Crippen LogP) is 12.6. The Bertz CT molecular complexity index is 2440. The van der Waals surface area contributed by atoms with E-state index in [0.29, 0.717) is 0 Å². The molecule has 0 aromatic heterocycles. The summed E-state index contributed by atoms with van der Waals surface area (Å²) in [7, 11) is 0. The van der Waals surface area contributed by atoms with Gasteiger partial charge in [-0.25, -0.2) is 0 Å². The van der Waals surface area contributed by atoms with Gasteiger partial charge in [-0.1, -0.05) is 147 Å². The lowest BCUT2D eigenvalue weighted by Crippen LogP contribution is -2.17. The number of nitrogens with zero attached hydrogens (tertiary/aromatic N) is 1. The van der Waals surface area contributed by atoms with E-state index < -0.39 is 0 Å². The van der Waals surface area contributed by atoms with Crippen molar-refractivity contribution < 1.29 is 0 Å². The fourth-order valence-corrected chi connectivity index (χ4v) is 7.95. The maximum absolute atomic E-state index is 2.49. The van der Waals surface area contributed by atoms with Crippen LogP contribution in [0.15, 0.2) is 164 Å². The highest BCUT2D eigenvalue weighted by atomic mass is 15.1. The van der Waals surface area contributed by atoms with E-state index in [2.05, 4.69) is 183 Å². The van der Waals surface area contributed by atoms with Gasteiger partial charge in [0.1, 0.15) is 0 Å². The Labute approximate surface area is 270 Å². The maximum atomic E-state index is 2.49. The van der Waals surface area contributed by atoms with Gasteiger partial charge in [-0.15, -0.1) is 0 Å². The molecule has 0 spiro atoms. The molecule has 0 atom stereocenters. The van der Waals surface area contributed by atoms with Crippen molar-refractivity contribution in [3.8, 4) is 22.3 Å². The quantitative estimate of drug-likeness (QED) is 0.185. The number of anilines is 3. The molecule has 0 radical (unpaired) electrons. The molecule has 9 rings (SSSR count). The van der Waals surface area contributed by atoms with Crippen molar-refractivity contribution in [2.75, 3.05) is 4.90 Å². The molecule has 0 saturated carbocycles. The molecule has 0 N–H and O–H groups in total. The molecule has 1 heteroatoms. The Hall–Kier alpha value is -5.66. The maximum Gasteiger partial charge on any atom is 0.0543 e. The Morgan fingerprint density at radius 1 is 0.391 bits per heavy atom. The fourth-order valence-electron chi connectivity index (χ4n) is 7.95. The zero-order chi connectivity index (χ0) is 30.8. The molecule has 0 fully saturated rings. The van der Waals surface area contributed by atoms with Crippen LogP contribution >= 0.6 is 0 Å². The van der Waals surface area contributed by atoms with Crippen molar-refractivity contribution in [2.24, 2.45) is 0 Å². The van der Waals surface area contributed by atoms with Crippen molar-refractivity contribution >= 4 is 49.4 Å². The average molecular weight is 588 g/mol. The fraction of sp³-hybridized carbons (Fsp3) is 0.0667. The average Bonchev–Trinajstić information content (AvgIpc) is 3.36. The van der Waals surface area contributed by atoms with E-state index in [1.54, 1.807) is 0 Å². The van der Waals surface area contributed by atoms with E-state index in [1.807, 2.05) is 0 Å². The van der Waals surface area contributed by atoms with Crippen LogP contribution in [0.5, 0.6) is 0 Å². The SMILES string of the molecule is CC1(C)c2cc(N(c3ccccc3)c3cccc(-c4ccccc4)c3)c3ccccc3c2-c2c1c1ccccc1c1ccccc21. The largest absolute Gasteiger partial charge is 0.310 e. The molecule has 8 aromatic rings. The third-order valence-electron chi connectivity index (χ3n) is 9.97. The zero-order valence-electron chi connectivity index (χ0n) is 26.0. The van der Waals surface area contributed by atoms with Crippen molar-refractivity contribution in [3.63, 3.8) is 0 Å². The minimum absolute atomic E-state index is 0.207. The third kappa shape index (κ3) is 3.88. The molecule has 1 aliphatic carbocycles. The van der Waals surface area contributed by atoms with Gasteiger partial charge in [0.15, 0.2) is 0 Å². The molecule has 8 aromatic carbocycles. The minimum atomic E-state index is -0.207. The number of para-hydroxylation sites is 1. The van der Waals surface area contributed by atoms with E-state index in [0.717, 1.165) is 11.4 Å². The monoisotopic (exact) mass is 587 g/mol. The van der Waals surface area contributed by atoms with E-state index in [4.69, 9.17) is 0 Å². The molecular formula is C45H33N. The van der Waals surface area contributed by atoms with Crippen LogP contribution in [0.3, 0.4) is 0 Å². The van der Waals surface area contributed by atoms with Crippen molar-refractivity contribution in [2.45, 2.75) is 19.3 Å². The summed E-state index contributed by atoms with van der Waals surface area (Å²) in [6.45, 7) is 4.83. The number of fused-ring (bicyclic) bond motifs is 10. The lowest BCUT2D eigenvalue weighted by atomic mass is 9.79. The van der Waals surface area contributed by atoms with E-state index >= 15 is 0 Å². The Kier molecular flexibility index (Phi) is 5.92. The van der Waals surface area contributed by atoms with Crippen molar-refractivity contribution in [1.29, 1.82) is 0 Å². The molecule has 1 aliphatic rings. The van der Waals surface area contributed by atoms with Crippen LogP contribution in [0.1, 0.15) is 25.0 Å². The van der Waals surface area contributed by atoms with Crippen LogP contribution in [0.25, 0.3) is 54.6 Å². The van der Waals surface area contributed by atoms with Gasteiger partial charge in [-0.3, -0.25) is 0 Å². The summed E-state index contributed by atoms with van der Waals surface area (Å²) in [5.74, 6) is 0. The van der Waals surface area contributed by atoms with Crippen LogP contribution in [0.4, 0.5) is 17.1 Å². The van der Waals surface area contributed by atoms with E-state index in [1.165, 1.54) is 71.4 Å². The van der Waals surface area contributed by atoms with Crippen LogP contribution in [0.2, 0.25) is 0 Å². The second-order valence-electron chi connectivity index (χ2n) is 12.9. The molecule has 218 valence electrons. The van der Waals surface area contributed by atoms with Gasteiger partial charge in [0.25, 0.3) is 0 Å². The summed E-state index contributed by atoms with van der Waals surface area (Å²) in [5, 5.41) is 7.86. The van der Waals surface area contributed by atoms with Gasteiger partial charge < -0.3 is 4.90 Å². The second kappa shape index (κ2) is 10.2. The first-order valence-corrected chi connectivity index (χ1v) is 16.1. The molecule has 0 unspecified atom stereocenters. The molecule has 46 heavy (non-hydrogen) atoms. The van der Waals surface area contributed by atoms with Crippen molar-refractivity contribution in [3.05, 3.63) is 175 Å². The first-order chi connectivity index (χ1) is 22.6. The zero-order valence-corrected chi connectivity index (χ0v) is 26.0. The topological polar surface area (TPSA) is 3.24 Å². The highest BCUT2D eigenvalue weighted by molar-refractivity contribution is 6.22. The molecule has 0 heterocycles. The summed E-state index contributed by atoms with van der Waals surface area (Å²) in [6.07, 6.45) is 0. The lowest BCUT2D eigenvalue weighted by molar-refractivity contribution is 0.667. The van der Waals surface area contributed by atoms with Gasteiger partial charge in [-0.05, 0) is 90.6 Å². The van der Waals surface area contributed by atoms with Crippen molar-refractivity contribution in [1.82, 2.24) is 0 Å². The van der Waals surface area contributed by atoms with Gasteiger partial charge >= 0.3 is 0 Å². The normalized spacial score (nSPS) is 13.2. The Balaban J connectivity index is 1.38. The molecular weight excluding hydrogens is 555 g/mol. The van der Waals surface area contributed by atoms with Crippen LogP contribution in [-0.2, 0) is 5.41 Å². The third-order valence-corrected chi connectivity index (χ3v) is 9.97. The predicted molar refractivity (Wildman–Crippen MR) is 197 cm³/mol. The van der Waals surface area contributed by atoms with E-state index in [-0.39, 0.29) is 5.41 Å². The molecule has 0 bridgehead atoms. The summed E-state index contributed by atoms with van der Waals surface area (Å²) in [5.41, 5.74) is 11.2.